The van der Waals surface area contributed by atoms with Crippen molar-refractivity contribution < 1.29 is 13.2 Å². The van der Waals surface area contributed by atoms with Gasteiger partial charge >= 0.3 is 0 Å². The molecule has 26 heavy (non-hydrogen) atoms. The van der Waals surface area contributed by atoms with Gasteiger partial charge in [0.2, 0.25) is 15.9 Å². The predicted molar refractivity (Wildman–Crippen MR) is 103 cm³/mol. The van der Waals surface area contributed by atoms with Crippen LogP contribution in [-0.4, -0.2) is 39.3 Å². The molecule has 0 aliphatic carbocycles. The summed E-state index contributed by atoms with van der Waals surface area (Å²) in [6.07, 6.45) is 1.83. The molecule has 0 saturated carbocycles. The molecular formula is C20H24N2O3S. The highest BCUT2D eigenvalue weighted by molar-refractivity contribution is 7.89. The van der Waals surface area contributed by atoms with Gasteiger partial charge in [0, 0.05) is 32.7 Å². The van der Waals surface area contributed by atoms with Gasteiger partial charge in [-0.1, -0.05) is 29.8 Å². The zero-order valence-electron chi connectivity index (χ0n) is 15.4. The van der Waals surface area contributed by atoms with Gasteiger partial charge < -0.3 is 4.90 Å². The Kier molecular flexibility index (Phi) is 5.16. The first-order chi connectivity index (χ1) is 12.3. The van der Waals surface area contributed by atoms with Crippen molar-refractivity contribution in [3.05, 3.63) is 59.2 Å². The number of nitrogens with zero attached hydrogens (tertiary/aromatic N) is 2. The minimum atomic E-state index is -3.46. The molecule has 0 radical (unpaired) electrons. The smallest absolute Gasteiger partial charge is 0.242 e. The normalized spacial score (nSPS) is 13.9. The van der Waals surface area contributed by atoms with Crippen molar-refractivity contribution in [2.24, 2.45) is 0 Å². The number of sulfonamides is 1. The average Bonchev–Trinajstić information content (AvgIpc) is 3.04. The Hall–Kier alpha value is -2.18. The maximum Gasteiger partial charge on any atom is 0.242 e. The van der Waals surface area contributed by atoms with Crippen molar-refractivity contribution in [3.8, 4) is 0 Å². The molecule has 0 aromatic heterocycles. The summed E-state index contributed by atoms with van der Waals surface area (Å²) >= 11 is 0. The zero-order chi connectivity index (χ0) is 18.9. The van der Waals surface area contributed by atoms with Gasteiger partial charge in [0.15, 0.2) is 0 Å². The minimum absolute atomic E-state index is 0.0764. The molecular weight excluding hydrogens is 348 g/mol. The van der Waals surface area contributed by atoms with Gasteiger partial charge in [-0.05, 0) is 49.1 Å². The maximum atomic E-state index is 12.6. The molecule has 0 spiro atoms. The number of aryl methyl sites for hydroxylation is 2. The van der Waals surface area contributed by atoms with E-state index < -0.39 is 10.0 Å². The van der Waals surface area contributed by atoms with E-state index in [1.54, 1.807) is 23.1 Å². The van der Waals surface area contributed by atoms with Crippen LogP contribution < -0.4 is 4.90 Å². The van der Waals surface area contributed by atoms with Crippen LogP contribution >= 0.6 is 0 Å². The van der Waals surface area contributed by atoms with Crippen LogP contribution in [-0.2, 0) is 27.7 Å². The monoisotopic (exact) mass is 372 g/mol. The third-order valence-corrected chi connectivity index (χ3v) is 6.59. The number of carbonyl (C=O) groups excluding carboxylic acids is 1. The van der Waals surface area contributed by atoms with Crippen LogP contribution in [0.4, 0.5) is 5.69 Å². The molecule has 0 atom stereocenters. The highest BCUT2D eigenvalue weighted by atomic mass is 32.2. The van der Waals surface area contributed by atoms with E-state index in [9.17, 15) is 13.2 Å². The molecule has 0 unspecified atom stereocenters. The fraction of sp³-hybridized carbons (Fsp3) is 0.350. The summed E-state index contributed by atoms with van der Waals surface area (Å²) < 4.78 is 25.8. The number of hydrogen-bond donors (Lipinski definition) is 0. The number of carbonyl (C=O) groups is 1. The molecule has 2 aromatic carbocycles. The molecule has 0 saturated heterocycles. The largest absolute Gasteiger partial charge is 0.312 e. The van der Waals surface area contributed by atoms with Crippen LogP contribution in [0.3, 0.4) is 0 Å². The fourth-order valence-corrected chi connectivity index (χ4v) is 4.10. The van der Waals surface area contributed by atoms with Gasteiger partial charge in [-0.3, -0.25) is 4.79 Å². The summed E-state index contributed by atoms with van der Waals surface area (Å²) in [5.41, 5.74) is 4.10. The summed E-state index contributed by atoms with van der Waals surface area (Å²) in [7, 11) is -0.421. The summed E-state index contributed by atoms with van der Waals surface area (Å²) in [6.45, 7) is 2.65. The molecule has 0 N–H and O–H groups in total. The van der Waals surface area contributed by atoms with Crippen molar-refractivity contribution in [2.45, 2.75) is 31.1 Å². The lowest BCUT2D eigenvalue weighted by Gasteiger charge is -2.18. The predicted octanol–water partition coefficient (Wildman–Crippen LogP) is 2.77. The third kappa shape index (κ3) is 3.66. The van der Waals surface area contributed by atoms with E-state index in [0.717, 1.165) is 16.8 Å². The topological polar surface area (TPSA) is 57.7 Å². The van der Waals surface area contributed by atoms with Crippen molar-refractivity contribution in [1.82, 2.24) is 4.31 Å². The van der Waals surface area contributed by atoms with Gasteiger partial charge in [0.1, 0.15) is 0 Å². The van der Waals surface area contributed by atoms with Crippen LogP contribution in [0.2, 0.25) is 0 Å². The van der Waals surface area contributed by atoms with E-state index in [4.69, 9.17) is 0 Å². The molecule has 1 aliphatic rings. The molecule has 1 aliphatic heterocycles. The average molecular weight is 372 g/mol. The van der Waals surface area contributed by atoms with Crippen LogP contribution in [0.5, 0.6) is 0 Å². The highest BCUT2D eigenvalue weighted by Crippen LogP contribution is 2.31. The Bertz CT molecular complexity index is 919. The second-order valence-electron chi connectivity index (χ2n) is 6.86. The van der Waals surface area contributed by atoms with Crippen LogP contribution in [0.15, 0.2) is 47.4 Å². The van der Waals surface area contributed by atoms with E-state index in [1.165, 1.54) is 24.0 Å². The zero-order valence-corrected chi connectivity index (χ0v) is 16.2. The summed E-state index contributed by atoms with van der Waals surface area (Å²) in [6, 6.07) is 13.2. The minimum Gasteiger partial charge on any atom is -0.312 e. The Balaban J connectivity index is 1.73. The quantitative estimate of drug-likeness (QED) is 0.811. The van der Waals surface area contributed by atoms with Crippen LogP contribution in [0, 0.1) is 6.92 Å². The first-order valence-electron chi connectivity index (χ1n) is 8.70. The van der Waals surface area contributed by atoms with Crippen molar-refractivity contribution in [3.63, 3.8) is 0 Å². The highest BCUT2D eigenvalue weighted by Gasteiger charge is 2.27. The number of benzene rings is 2. The Morgan fingerprint density at radius 2 is 1.81 bits per heavy atom. The van der Waals surface area contributed by atoms with Gasteiger partial charge in [0.05, 0.1) is 4.90 Å². The summed E-state index contributed by atoms with van der Waals surface area (Å²) in [5.74, 6) is 0.0764. The molecule has 0 fully saturated rings. The first-order valence-corrected chi connectivity index (χ1v) is 10.1. The third-order valence-electron chi connectivity index (χ3n) is 4.77. The molecule has 5 nitrogen and oxygen atoms in total. The van der Waals surface area contributed by atoms with Crippen molar-refractivity contribution in [1.29, 1.82) is 0 Å². The van der Waals surface area contributed by atoms with E-state index >= 15 is 0 Å². The van der Waals surface area contributed by atoms with Gasteiger partial charge in [-0.15, -0.1) is 0 Å². The molecule has 2 aromatic rings. The van der Waals surface area contributed by atoms with E-state index in [0.29, 0.717) is 25.8 Å². The number of anilines is 1. The van der Waals surface area contributed by atoms with Crippen molar-refractivity contribution in [2.75, 3.05) is 25.5 Å². The summed E-state index contributed by atoms with van der Waals surface area (Å²) in [5, 5.41) is 0. The molecule has 138 valence electrons. The van der Waals surface area contributed by atoms with E-state index in [1.807, 2.05) is 6.92 Å². The van der Waals surface area contributed by atoms with Crippen molar-refractivity contribution >= 4 is 21.6 Å². The Morgan fingerprint density at radius 3 is 2.46 bits per heavy atom. The lowest BCUT2D eigenvalue weighted by Crippen LogP contribution is -2.29. The van der Waals surface area contributed by atoms with Gasteiger partial charge in [0.25, 0.3) is 0 Å². The van der Waals surface area contributed by atoms with E-state index in [-0.39, 0.29) is 10.8 Å². The number of fused-ring (bicyclic) bond motifs is 1. The van der Waals surface area contributed by atoms with Gasteiger partial charge in [-0.2, -0.15) is 0 Å². The van der Waals surface area contributed by atoms with E-state index in [2.05, 4.69) is 24.3 Å². The molecule has 3 rings (SSSR count). The lowest BCUT2D eigenvalue weighted by molar-refractivity contribution is -0.118. The molecule has 1 amide bonds. The SMILES string of the molecule is Cc1ccc(CCC(=O)N2CCc3cc(S(=O)(=O)N(C)C)ccc32)cc1. The number of amides is 1. The first kappa shape index (κ1) is 18.6. The standard InChI is InChI=1S/C20H24N2O3S/c1-15-4-6-16(7-5-15)8-11-20(23)22-13-12-17-14-18(9-10-19(17)22)26(24,25)21(2)3/h4-7,9-10,14H,8,11-13H2,1-3H3. The maximum absolute atomic E-state index is 12.6. The number of hydrogen-bond acceptors (Lipinski definition) is 3. The summed E-state index contributed by atoms with van der Waals surface area (Å²) in [4.78, 5) is 14.7. The fourth-order valence-electron chi connectivity index (χ4n) is 3.15. The van der Waals surface area contributed by atoms with Crippen LogP contribution in [0.25, 0.3) is 0 Å². The lowest BCUT2D eigenvalue weighted by atomic mass is 10.1. The number of rotatable bonds is 5. The van der Waals surface area contributed by atoms with Gasteiger partial charge in [-0.25, -0.2) is 12.7 Å². The molecule has 6 heteroatoms. The Labute approximate surface area is 155 Å². The molecule has 1 heterocycles. The van der Waals surface area contributed by atoms with Crippen LogP contribution in [0.1, 0.15) is 23.1 Å². The molecule has 0 bridgehead atoms. The Morgan fingerprint density at radius 1 is 1.12 bits per heavy atom. The second-order valence-corrected chi connectivity index (χ2v) is 9.01. The second kappa shape index (κ2) is 7.21.